The molecule has 1 N–H and O–H groups in total. The minimum Gasteiger partial charge on any atom is -0.481 e. The van der Waals surface area contributed by atoms with Crippen molar-refractivity contribution in [2.45, 2.75) is 13.8 Å². The van der Waals surface area contributed by atoms with E-state index in [-0.39, 0.29) is 5.56 Å². The third kappa shape index (κ3) is 2.02. The minimum atomic E-state index is -0.150. The molecule has 2 heterocycles. The van der Waals surface area contributed by atoms with Gasteiger partial charge in [0.1, 0.15) is 11.4 Å². The molecule has 0 aromatic carbocycles. The summed E-state index contributed by atoms with van der Waals surface area (Å²) >= 11 is 1.98. The van der Waals surface area contributed by atoms with Crippen LogP contribution >= 0.6 is 22.6 Å². The number of aromatic nitrogens is 4. The summed E-state index contributed by atoms with van der Waals surface area (Å²) in [6, 6.07) is 0. The molecule has 18 heavy (non-hydrogen) atoms. The Labute approximate surface area is 118 Å². The van der Waals surface area contributed by atoms with Crippen LogP contribution in [0.4, 0.5) is 0 Å². The van der Waals surface area contributed by atoms with E-state index in [0.717, 1.165) is 11.3 Å². The number of aryl methyl sites for hydroxylation is 3. The number of H-pyrrole nitrogens is 1. The Morgan fingerprint density at radius 1 is 1.33 bits per heavy atom. The quantitative estimate of drug-likeness (QED) is 0.822. The Hall–Kier alpha value is -1.38. The van der Waals surface area contributed by atoms with Gasteiger partial charge < -0.3 is 9.72 Å². The first kappa shape index (κ1) is 13.1. The van der Waals surface area contributed by atoms with Crippen molar-refractivity contribution in [2.75, 3.05) is 7.11 Å². The topological polar surface area (TPSA) is 72.8 Å². The molecule has 2 rings (SSSR count). The first-order valence-corrected chi connectivity index (χ1v) is 6.38. The van der Waals surface area contributed by atoms with Crippen LogP contribution in [0.1, 0.15) is 11.4 Å². The molecule has 0 unspecified atom stereocenters. The summed E-state index contributed by atoms with van der Waals surface area (Å²) in [5, 5.41) is 4.27. The molecule has 0 radical (unpaired) electrons. The normalized spacial score (nSPS) is 10.7. The number of methoxy groups -OCH3 is 1. The summed E-state index contributed by atoms with van der Waals surface area (Å²) in [4.78, 5) is 18.9. The average Bonchev–Trinajstić information content (AvgIpc) is 2.59. The summed E-state index contributed by atoms with van der Waals surface area (Å²) in [5.41, 5.74) is 2.03. The predicted molar refractivity (Wildman–Crippen MR) is 75.8 cm³/mol. The fraction of sp³-hybridized carbons (Fsp3) is 0.364. The maximum atomic E-state index is 11.8. The van der Waals surface area contributed by atoms with E-state index in [1.165, 1.54) is 0 Å². The van der Waals surface area contributed by atoms with Crippen LogP contribution in [0.3, 0.4) is 0 Å². The van der Waals surface area contributed by atoms with E-state index in [1.54, 1.807) is 25.8 Å². The van der Waals surface area contributed by atoms with Gasteiger partial charge in [0.05, 0.1) is 22.1 Å². The predicted octanol–water partition coefficient (Wildman–Crippen LogP) is 1.40. The molecule has 0 bridgehead atoms. The van der Waals surface area contributed by atoms with E-state index in [9.17, 15) is 4.79 Å². The lowest BCUT2D eigenvalue weighted by atomic mass is 10.2. The Morgan fingerprint density at radius 2 is 2.00 bits per heavy atom. The van der Waals surface area contributed by atoms with Gasteiger partial charge in [-0.25, -0.2) is 9.67 Å². The molecule has 0 fully saturated rings. The van der Waals surface area contributed by atoms with Gasteiger partial charge in [0, 0.05) is 7.05 Å². The largest absolute Gasteiger partial charge is 0.481 e. The third-order valence-corrected chi connectivity index (χ3v) is 3.90. The van der Waals surface area contributed by atoms with E-state index in [2.05, 4.69) is 15.1 Å². The number of aromatic amines is 1. The first-order chi connectivity index (χ1) is 8.45. The second kappa shape index (κ2) is 4.71. The van der Waals surface area contributed by atoms with Gasteiger partial charge in [0.25, 0.3) is 5.56 Å². The first-order valence-electron chi connectivity index (χ1n) is 5.30. The molecule has 96 valence electrons. The summed E-state index contributed by atoms with van der Waals surface area (Å²) in [6.07, 6.45) is 0. The van der Waals surface area contributed by atoms with E-state index in [1.807, 2.05) is 29.5 Å². The molecular formula is C11H13IN4O2. The second-order valence-corrected chi connectivity index (χ2v) is 4.99. The molecule has 6 nitrogen and oxygen atoms in total. The van der Waals surface area contributed by atoms with E-state index in [0.29, 0.717) is 21.0 Å². The Bertz CT molecular complexity index is 660. The van der Waals surface area contributed by atoms with Crippen LogP contribution in [0.25, 0.3) is 11.4 Å². The molecule has 0 saturated heterocycles. The number of nitrogens with zero attached hydrogens (tertiary/aromatic N) is 3. The molecule has 0 aliphatic rings. The van der Waals surface area contributed by atoms with Crippen LogP contribution in [-0.4, -0.2) is 26.9 Å². The molecule has 0 amide bonds. The molecule has 0 saturated carbocycles. The van der Waals surface area contributed by atoms with Gasteiger partial charge in [-0.05, 0) is 36.4 Å². The molecule has 0 aliphatic heterocycles. The highest BCUT2D eigenvalue weighted by Gasteiger charge is 2.19. The summed E-state index contributed by atoms with van der Waals surface area (Å²) < 4.78 is 7.52. The zero-order valence-electron chi connectivity index (χ0n) is 10.5. The SMILES string of the molecule is COc1c(-c2nc(C)c(I)c(=O)[nH]2)c(C)nn1C. The highest BCUT2D eigenvalue weighted by molar-refractivity contribution is 14.1. The van der Waals surface area contributed by atoms with Crippen LogP contribution in [0, 0.1) is 17.4 Å². The lowest BCUT2D eigenvalue weighted by Crippen LogP contribution is -2.15. The van der Waals surface area contributed by atoms with Gasteiger partial charge in [0.2, 0.25) is 5.88 Å². The zero-order valence-corrected chi connectivity index (χ0v) is 12.7. The lowest BCUT2D eigenvalue weighted by Gasteiger charge is -2.05. The van der Waals surface area contributed by atoms with Gasteiger partial charge in [-0.2, -0.15) is 5.10 Å². The van der Waals surface area contributed by atoms with E-state index >= 15 is 0 Å². The third-order valence-electron chi connectivity index (χ3n) is 2.63. The van der Waals surface area contributed by atoms with Gasteiger partial charge in [0.15, 0.2) is 0 Å². The second-order valence-electron chi connectivity index (χ2n) is 3.91. The fourth-order valence-electron chi connectivity index (χ4n) is 1.83. The Balaban J connectivity index is 2.73. The minimum absolute atomic E-state index is 0.150. The summed E-state index contributed by atoms with van der Waals surface area (Å²) in [6.45, 7) is 3.66. The number of halogens is 1. The van der Waals surface area contributed by atoms with Crippen molar-refractivity contribution in [2.24, 2.45) is 7.05 Å². The molecule has 2 aromatic rings. The van der Waals surface area contributed by atoms with Gasteiger partial charge in [-0.15, -0.1) is 0 Å². The van der Waals surface area contributed by atoms with Crippen LogP contribution in [0.5, 0.6) is 5.88 Å². The smallest absolute Gasteiger partial charge is 0.264 e. The van der Waals surface area contributed by atoms with Crippen molar-refractivity contribution in [1.82, 2.24) is 19.7 Å². The maximum Gasteiger partial charge on any atom is 0.264 e. The highest BCUT2D eigenvalue weighted by atomic mass is 127. The molecule has 0 aliphatic carbocycles. The van der Waals surface area contributed by atoms with Crippen molar-refractivity contribution in [1.29, 1.82) is 0 Å². The molecule has 0 spiro atoms. The lowest BCUT2D eigenvalue weighted by molar-refractivity contribution is 0.374. The summed E-state index contributed by atoms with van der Waals surface area (Å²) in [7, 11) is 3.35. The monoisotopic (exact) mass is 360 g/mol. The van der Waals surface area contributed by atoms with Crippen LogP contribution in [0.15, 0.2) is 4.79 Å². The standard InChI is InChI=1S/C11H13IN4O2/c1-5-7(11(18-4)16(3)15-5)9-13-6(2)8(12)10(17)14-9/h1-4H3,(H,13,14,17). The number of hydrogen-bond donors (Lipinski definition) is 1. The number of rotatable bonds is 2. The number of ether oxygens (including phenoxy) is 1. The van der Waals surface area contributed by atoms with Crippen LogP contribution in [0.2, 0.25) is 0 Å². The van der Waals surface area contributed by atoms with Crippen molar-refractivity contribution in [3.63, 3.8) is 0 Å². The van der Waals surface area contributed by atoms with Crippen LogP contribution in [-0.2, 0) is 7.05 Å². The van der Waals surface area contributed by atoms with Crippen molar-refractivity contribution in [3.8, 4) is 17.3 Å². The van der Waals surface area contributed by atoms with Crippen molar-refractivity contribution >= 4 is 22.6 Å². The molecule has 0 atom stereocenters. The van der Waals surface area contributed by atoms with Crippen molar-refractivity contribution < 1.29 is 4.74 Å². The molecule has 2 aromatic heterocycles. The molecular weight excluding hydrogens is 347 g/mol. The van der Waals surface area contributed by atoms with E-state index in [4.69, 9.17) is 4.74 Å². The van der Waals surface area contributed by atoms with Gasteiger partial charge >= 0.3 is 0 Å². The molecule has 7 heteroatoms. The summed E-state index contributed by atoms with van der Waals surface area (Å²) in [5.74, 6) is 1.07. The van der Waals surface area contributed by atoms with Gasteiger partial charge in [-0.3, -0.25) is 4.79 Å². The van der Waals surface area contributed by atoms with Crippen LogP contribution < -0.4 is 10.3 Å². The maximum absolute atomic E-state index is 11.8. The van der Waals surface area contributed by atoms with E-state index < -0.39 is 0 Å². The highest BCUT2D eigenvalue weighted by Crippen LogP contribution is 2.29. The fourth-order valence-corrected chi connectivity index (χ4v) is 2.09. The Morgan fingerprint density at radius 3 is 2.56 bits per heavy atom. The Kier molecular flexibility index (Phi) is 3.42. The van der Waals surface area contributed by atoms with Gasteiger partial charge in [-0.1, -0.05) is 0 Å². The van der Waals surface area contributed by atoms with Crippen molar-refractivity contribution in [3.05, 3.63) is 25.3 Å². The zero-order chi connectivity index (χ0) is 13.4. The average molecular weight is 360 g/mol. The number of nitrogens with one attached hydrogen (secondary N) is 1. The number of hydrogen-bond acceptors (Lipinski definition) is 4.